The van der Waals surface area contributed by atoms with E-state index in [-0.39, 0.29) is 12.3 Å². The Balaban J connectivity index is 2.83. The largest absolute Gasteiger partial charge is 0.464 e. The Bertz CT molecular complexity index is 389. The summed E-state index contributed by atoms with van der Waals surface area (Å²) in [5.41, 5.74) is 0.917. The van der Waals surface area contributed by atoms with Gasteiger partial charge in [-0.05, 0) is 13.8 Å². The van der Waals surface area contributed by atoms with Crippen LogP contribution in [-0.4, -0.2) is 38.9 Å². The van der Waals surface area contributed by atoms with E-state index in [4.69, 9.17) is 0 Å². The second-order valence-corrected chi connectivity index (χ2v) is 3.69. The minimum atomic E-state index is -1.61. The van der Waals surface area contributed by atoms with Gasteiger partial charge in [0.25, 0.3) is 0 Å². The van der Waals surface area contributed by atoms with Crippen molar-refractivity contribution in [2.75, 3.05) is 6.61 Å². The predicted octanol–water partition coefficient (Wildman–Crippen LogP) is 0.238. The average Bonchev–Trinajstić information content (AvgIpc) is 2.69. The number of hydrogen-bond donors (Lipinski definition) is 3. The lowest BCUT2D eigenvalue weighted by molar-refractivity contribution is -0.159. The molecule has 17 heavy (non-hydrogen) atoms. The molecule has 1 heterocycles. The van der Waals surface area contributed by atoms with E-state index >= 15 is 0 Å². The fraction of sp³-hybridized carbons (Fsp3) is 0.636. The molecule has 0 saturated carbocycles. The molecule has 1 aromatic rings. The summed E-state index contributed by atoms with van der Waals surface area (Å²) in [6.07, 6.45) is -2.30. The molecule has 0 aliphatic heterocycles. The Morgan fingerprint density at radius 3 is 2.59 bits per heavy atom. The van der Waals surface area contributed by atoms with Crippen molar-refractivity contribution in [3.8, 4) is 0 Å². The Morgan fingerprint density at radius 2 is 2.12 bits per heavy atom. The molecule has 0 radical (unpaired) electrons. The molecular formula is C11H18N2O4. The molecule has 1 rings (SSSR count). The number of nitrogens with one attached hydrogen (secondary N) is 1. The number of ether oxygens (including phenoxy) is 1. The van der Waals surface area contributed by atoms with Crippen LogP contribution in [-0.2, 0) is 16.0 Å². The van der Waals surface area contributed by atoms with Crippen molar-refractivity contribution in [1.29, 1.82) is 0 Å². The van der Waals surface area contributed by atoms with Gasteiger partial charge >= 0.3 is 5.97 Å². The van der Waals surface area contributed by atoms with Gasteiger partial charge in [-0.2, -0.15) is 0 Å². The van der Waals surface area contributed by atoms with Crippen LogP contribution in [0.3, 0.4) is 0 Å². The first kappa shape index (κ1) is 13.7. The maximum atomic E-state index is 11.3. The van der Waals surface area contributed by atoms with Crippen molar-refractivity contribution in [3.63, 3.8) is 0 Å². The van der Waals surface area contributed by atoms with E-state index in [1.807, 2.05) is 6.92 Å². The van der Waals surface area contributed by atoms with Gasteiger partial charge in [0, 0.05) is 12.1 Å². The van der Waals surface area contributed by atoms with Crippen LogP contribution in [0.1, 0.15) is 37.2 Å². The van der Waals surface area contributed by atoms with Crippen molar-refractivity contribution >= 4 is 5.97 Å². The number of carbonyl (C=O) groups excluding carboxylic acids is 1. The first-order valence-corrected chi connectivity index (χ1v) is 5.59. The van der Waals surface area contributed by atoms with E-state index in [1.54, 1.807) is 13.8 Å². The summed E-state index contributed by atoms with van der Waals surface area (Å²) >= 11 is 0. The highest BCUT2D eigenvalue weighted by Crippen LogP contribution is 2.19. The monoisotopic (exact) mass is 242 g/mol. The van der Waals surface area contributed by atoms with Crippen LogP contribution in [0.5, 0.6) is 0 Å². The molecule has 0 aliphatic rings. The Hall–Kier alpha value is -1.40. The van der Waals surface area contributed by atoms with Crippen LogP contribution in [0.2, 0.25) is 0 Å². The van der Waals surface area contributed by atoms with E-state index in [9.17, 15) is 15.0 Å². The summed E-state index contributed by atoms with van der Waals surface area (Å²) in [6.45, 7) is 5.42. The number of aliphatic hydroxyl groups is 2. The number of esters is 1. The lowest BCUT2D eigenvalue weighted by Crippen LogP contribution is -2.30. The zero-order chi connectivity index (χ0) is 13.0. The smallest absolute Gasteiger partial charge is 0.338 e. The van der Waals surface area contributed by atoms with Crippen LogP contribution < -0.4 is 0 Å². The predicted molar refractivity (Wildman–Crippen MR) is 60.3 cm³/mol. The third kappa shape index (κ3) is 3.04. The maximum Gasteiger partial charge on any atom is 0.338 e. The topological polar surface area (TPSA) is 95.4 Å². The van der Waals surface area contributed by atoms with Crippen molar-refractivity contribution < 1.29 is 19.7 Å². The molecule has 0 spiro atoms. The molecule has 2 unspecified atom stereocenters. The Kier molecular flexibility index (Phi) is 4.65. The molecule has 2 atom stereocenters. The highest BCUT2D eigenvalue weighted by molar-refractivity contribution is 5.75. The molecule has 6 heteroatoms. The molecule has 0 amide bonds. The van der Waals surface area contributed by atoms with E-state index in [0.717, 1.165) is 0 Å². The number of imidazole rings is 1. The summed E-state index contributed by atoms with van der Waals surface area (Å²) in [6, 6.07) is 0. The van der Waals surface area contributed by atoms with Gasteiger partial charge in [-0.15, -0.1) is 0 Å². The van der Waals surface area contributed by atoms with Crippen LogP contribution in [0.4, 0.5) is 0 Å². The van der Waals surface area contributed by atoms with Crippen molar-refractivity contribution in [1.82, 2.24) is 9.97 Å². The van der Waals surface area contributed by atoms with E-state index in [0.29, 0.717) is 17.9 Å². The number of carbonyl (C=O) groups is 1. The minimum Gasteiger partial charge on any atom is -0.464 e. The molecule has 6 nitrogen and oxygen atoms in total. The summed E-state index contributed by atoms with van der Waals surface area (Å²) in [5.74, 6) is -0.145. The van der Waals surface area contributed by atoms with Crippen LogP contribution in [0, 0.1) is 6.92 Å². The van der Waals surface area contributed by atoms with Gasteiger partial charge < -0.3 is 19.9 Å². The van der Waals surface area contributed by atoms with Crippen molar-refractivity contribution in [3.05, 3.63) is 17.2 Å². The molecule has 96 valence electrons. The van der Waals surface area contributed by atoms with Gasteiger partial charge in [-0.3, -0.25) is 0 Å². The van der Waals surface area contributed by atoms with Gasteiger partial charge in [-0.1, -0.05) is 6.92 Å². The molecule has 3 N–H and O–H groups in total. The number of H-pyrrole nitrogens is 1. The fourth-order valence-corrected chi connectivity index (χ4v) is 1.50. The lowest BCUT2D eigenvalue weighted by atomic mass is 10.1. The number of aliphatic hydroxyl groups excluding tert-OH is 2. The third-order valence-corrected chi connectivity index (χ3v) is 2.41. The molecule has 0 aromatic carbocycles. The Labute approximate surface area is 99.6 Å². The van der Waals surface area contributed by atoms with E-state index < -0.39 is 18.2 Å². The highest BCUT2D eigenvalue weighted by Gasteiger charge is 2.30. The number of nitrogens with zero attached hydrogens (tertiary/aromatic N) is 1. The molecule has 0 bridgehead atoms. The summed E-state index contributed by atoms with van der Waals surface area (Å²) in [7, 11) is 0. The highest BCUT2D eigenvalue weighted by atomic mass is 16.5. The average molecular weight is 242 g/mol. The number of aryl methyl sites for hydroxylation is 2. The molecular weight excluding hydrogens is 224 g/mol. The third-order valence-electron chi connectivity index (χ3n) is 2.41. The van der Waals surface area contributed by atoms with Crippen LogP contribution in [0.15, 0.2) is 0 Å². The first-order valence-electron chi connectivity index (χ1n) is 5.59. The second kappa shape index (κ2) is 5.79. The number of rotatable bonds is 5. The lowest BCUT2D eigenvalue weighted by Gasteiger charge is -2.15. The second-order valence-electron chi connectivity index (χ2n) is 3.69. The van der Waals surface area contributed by atoms with Crippen molar-refractivity contribution in [2.24, 2.45) is 0 Å². The molecule has 0 saturated heterocycles. The fourth-order valence-electron chi connectivity index (χ4n) is 1.50. The summed E-state index contributed by atoms with van der Waals surface area (Å²) < 4.78 is 4.63. The number of aromatic amines is 1. The van der Waals surface area contributed by atoms with E-state index in [2.05, 4.69) is 14.7 Å². The maximum absolute atomic E-state index is 11.3. The molecule has 1 aromatic heterocycles. The zero-order valence-corrected chi connectivity index (χ0v) is 10.2. The normalized spacial score (nSPS) is 14.4. The van der Waals surface area contributed by atoms with Crippen LogP contribution >= 0.6 is 0 Å². The van der Waals surface area contributed by atoms with Gasteiger partial charge in [0.1, 0.15) is 11.9 Å². The van der Waals surface area contributed by atoms with Gasteiger partial charge in [0.2, 0.25) is 0 Å². The van der Waals surface area contributed by atoms with E-state index in [1.165, 1.54) is 0 Å². The molecule has 0 aliphatic carbocycles. The zero-order valence-electron chi connectivity index (χ0n) is 10.2. The summed E-state index contributed by atoms with van der Waals surface area (Å²) in [5, 5.41) is 19.4. The molecule has 0 fully saturated rings. The van der Waals surface area contributed by atoms with Crippen LogP contribution in [0.25, 0.3) is 0 Å². The minimum absolute atomic E-state index is 0.155. The SMILES string of the molecule is CCOC(=O)C(O)C(O)c1nc(CC)[nH]c1C. The first-order chi connectivity index (χ1) is 8.01. The number of hydrogen-bond acceptors (Lipinski definition) is 5. The Morgan fingerprint density at radius 1 is 1.47 bits per heavy atom. The van der Waals surface area contributed by atoms with Crippen molar-refractivity contribution in [2.45, 2.75) is 39.4 Å². The van der Waals surface area contributed by atoms with Gasteiger partial charge in [0.15, 0.2) is 6.10 Å². The standard InChI is InChI=1S/C11H18N2O4/c1-4-7-12-6(3)8(13-7)9(14)10(15)11(16)17-5-2/h9-10,14-15H,4-5H2,1-3H3,(H,12,13). The quantitative estimate of drug-likeness (QED) is 0.643. The van der Waals surface area contributed by atoms with Gasteiger partial charge in [0.05, 0.1) is 12.3 Å². The van der Waals surface area contributed by atoms with Gasteiger partial charge in [-0.25, -0.2) is 9.78 Å². The summed E-state index contributed by atoms with van der Waals surface area (Å²) in [4.78, 5) is 18.4. The number of aromatic nitrogens is 2.